The average molecular weight is 465 g/mol. The van der Waals surface area contributed by atoms with E-state index in [1.54, 1.807) is 31.3 Å². The van der Waals surface area contributed by atoms with Gasteiger partial charge in [0.05, 0.1) is 17.0 Å². The summed E-state index contributed by atoms with van der Waals surface area (Å²) in [4.78, 5) is 26.3. The summed E-state index contributed by atoms with van der Waals surface area (Å²) >= 11 is 0. The van der Waals surface area contributed by atoms with Gasteiger partial charge in [0.15, 0.2) is 0 Å². The average Bonchev–Trinajstić information content (AvgIpc) is 3.33. The van der Waals surface area contributed by atoms with Crippen molar-refractivity contribution in [3.05, 3.63) is 130 Å². The van der Waals surface area contributed by atoms with E-state index in [2.05, 4.69) is 38.5 Å². The molecule has 0 radical (unpaired) electrons. The smallest absolute Gasteiger partial charge is 0.253 e. The van der Waals surface area contributed by atoms with Gasteiger partial charge < -0.3 is 5.32 Å². The van der Waals surface area contributed by atoms with Crippen LogP contribution in [0.4, 0.5) is 4.39 Å². The molecular weight excluding hydrogens is 439 g/mol. The summed E-state index contributed by atoms with van der Waals surface area (Å²) in [7, 11) is 0. The van der Waals surface area contributed by atoms with Crippen molar-refractivity contribution in [3.63, 3.8) is 0 Å². The first-order valence-electron chi connectivity index (χ1n) is 11.7. The van der Waals surface area contributed by atoms with E-state index in [1.165, 1.54) is 17.2 Å². The summed E-state index contributed by atoms with van der Waals surface area (Å²) in [5.74, 6) is -0.502. The normalized spacial score (nSPS) is 12.2. The number of allylic oxidation sites excluding steroid dienone is 1. The van der Waals surface area contributed by atoms with Crippen molar-refractivity contribution in [2.45, 2.75) is 32.7 Å². The Bertz CT molecular complexity index is 1430. The Morgan fingerprint density at radius 2 is 1.83 bits per heavy atom. The molecule has 174 valence electrons. The molecule has 0 aliphatic heterocycles. The predicted molar refractivity (Wildman–Crippen MR) is 133 cm³/mol. The number of hydrogen-bond donors (Lipinski definition) is 1. The van der Waals surface area contributed by atoms with Crippen molar-refractivity contribution in [1.29, 1.82) is 0 Å². The number of benzene rings is 1. The van der Waals surface area contributed by atoms with E-state index in [4.69, 9.17) is 0 Å². The maximum absolute atomic E-state index is 13.8. The molecule has 0 bridgehead atoms. The molecule has 0 atom stereocenters. The number of aryl methyl sites for hydroxylation is 3. The number of hydrogen-bond acceptors (Lipinski definition) is 4. The highest BCUT2D eigenvalue weighted by atomic mass is 19.1. The van der Waals surface area contributed by atoms with Crippen LogP contribution in [0.3, 0.4) is 0 Å². The molecule has 5 nitrogen and oxygen atoms in total. The maximum Gasteiger partial charge on any atom is 0.253 e. The van der Waals surface area contributed by atoms with Gasteiger partial charge in [-0.15, -0.1) is 0 Å². The van der Waals surface area contributed by atoms with E-state index in [0.717, 1.165) is 23.4 Å². The molecular formula is C29H25FN4O. The first-order chi connectivity index (χ1) is 17.1. The lowest BCUT2D eigenvalue weighted by molar-refractivity contribution is 0.0949. The predicted octanol–water partition coefficient (Wildman–Crippen LogP) is 5.02. The van der Waals surface area contributed by atoms with Crippen LogP contribution >= 0.6 is 0 Å². The van der Waals surface area contributed by atoms with Crippen molar-refractivity contribution in [3.8, 4) is 0 Å². The molecule has 1 N–H and O–H groups in total. The molecule has 0 saturated heterocycles. The van der Waals surface area contributed by atoms with Gasteiger partial charge in [-0.2, -0.15) is 0 Å². The largest absolute Gasteiger partial charge is 0.348 e. The van der Waals surface area contributed by atoms with Crippen LogP contribution in [0.25, 0.3) is 5.57 Å². The molecule has 1 aliphatic carbocycles. The minimum absolute atomic E-state index is 0.226. The number of carbonyl (C=O) groups is 1. The molecule has 6 heteroatoms. The van der Waals surface area contributed by atoms with Gasteiger partial charge in [0.1, 0.15) is 5.82 Å². The first kappa shape index (κ1) is 22.6. The SMILES string of the molecule is Cc1ccc(CNC(=O)c2cccnc2CCc2cc(C3=CCc4ncccc43)ccn2)cc1F. The number of halogens is 1. The molecule has 1 aromatic carbocycles. The summed E-state index contributed by atoms with van der Waals surface area (Å²) < 4.78 is 13.8. The van der Waals surface area contributed by atoms with Gasteiger partial charge in [0, 0.05) is 42.8 Å². The minimum Gasteiger partial charge on any atom is -0.348 e. The Hall–Kier alpha value is -4.19. The zero-order valence-corrected chi connectivity index (χ0v) is 19.5. The molecule has 3 heterocycles. The van der Waals surface area contributed by atoms with Gasteiger partial charge in [-0.3, -0.25) is 19.7 Å². The molecule has 1 aliphatic rings. The van der Waals surface area contributed by atoms with Crippen LogP contribution in [-0.2, 0) is 25.8 Å². The molecule has 4 aromatic rings. The summed E-state index contributed by atoms with van der Waals surface area (Å²) in [6.07, 6.45) is 9.62. The fraction of sp³-hybridized carbons (Fsp3) is 0.172. The molecule has 35 heavy (non-hydrogen) atoms. The fourth-order valence-electron chi connectivity index (χ4n) is 4.32. The Balaban J connectivity index is 1.27. The number of carbonyl (C=O) groups excluding carboxylic acids is 1. The van der Waals surface area contributed by atoms with Crippen LogP contribution in [-0.4, -0.2) is 20.9 Å². The van der Waals surface area contributed by atoms with Crippen LogP contribution in [0.5, 0.6) is 0 Å². The Morgan fingerprint density at radius 3 is 2.71 bits per heavy atom. The van der Waals surface area contributed by atoms with Crippen molar-refractivity contribution in [2.24, 2.45) is 0 Å². The van der Waals surface area contributed by atoms with Gasteiger partial charge in [-0.1, -0.05) is 24.3 Å². The third-order valence-corrected chi connectivity index (χ3v) is 6.25. The number of pyridine rings is 3. The number of rotatable bonds is 7. The van der Waals surface area contributed by atoms with Crippen LogP contribution in [0.2, 0.25) is 0 Å². The number of aromatic nitrogens is 3. The zero-order valence-electron chi connectivity index (χ0n) is 19.5. The molecule has 3 aromatic heterocycles. The van der Waals surface area contributed by atoms with Crippen LogP contribution in [0.15, 0.2) is 79.3 Å². The number of nitrogens with one attached hydrogen (secondary N) is 1. The highest BCUT2D eigenvalue weighted by Gasteiger charge is 2.17. The summed E-state index contributed by atoms with van der Waals surface area (Å²) in [6, 6.07) is 16.7. The van der Waals surface area contributed by atoms with Crippen molar-refractivity contribution in [1.82, 2.24) is 20.3 Å². The molecule has 0 unspecified atom stereocenters. The number of nitrogens with zero attached hydrogens (tertiary/aromatic N) is 3. The number of fused-ring (bicyclic) bond motifs is 1. The van der Waals surface area contributed by atoms with Gasteiger partial charge in [-0.05, 0) is 78.4 Å². The lowest BCUT2D eigenvalue weighted by Crippen LogP contribution is -2.24. The van der Waals surface area contributed by atoms with Crippen molar-refractivity contribution in [2.75, 3.05) is 0 Å². The van der Waals surface area contributed by atoms with E-state index in [0.29, 0.717) is 35.2 Å². The monoisotopic (exact) mass is 464 g/mol. The zero-order chi connectivity index (χ0) is 24.2. The van der Waals surface area contributed by atoms with Crippen LogP contribution in [0.1, 0.15) is 49.7 Å². The van der Waals surface area contributed by atoms with Gasteiger partial charge in [0.2, 0.25) is 0 Å². The van der Waals surface area contributed by atoms with Crippen molar-refractivity contribution >= 4 is 11.5 Å². The lowest BCUT2D eigenvalue weighted by atomic mass is 10.00. The summed E-state index contributed by atoms with van der Waals surface area (Å²) in [6.45, 7) is 1.96. The standard InChI is InChI=1S/C29H25FN4O/c1-19-6-7-20(16-26(19)30)18-34-29(35)25-5-3-14-33-28(25)10-8-22-17-21(12-15-31-22)23-9-11-27-24(23)4-2-13-32-27/h2-7,9,12-17H,8,10-11,18H2,1H3,(H,34,35). The van der Waals surface area contributed by atoms with E-state index in [9.17, 15) is 9.18 Å². The fourth-order valence-corrected chi connectivity index (χ4v) is 4.32. The topological polar surface area (TPSA) is 67.8 Å². The van der Waals surface area contributed by atoms with Gasteiger partial charge in [-0.25, -0.2) is 4.39 Å². The lowest BCUT2D eigenvalue weighted by Gasteiger charge is -2.11. The third-order valence-electron chi connectivity index (χ3n) is 6.25. The van der Waals surface area contributed by atoms with Gasteiger partial charge in [0.25, 0.3) is 5.91 Å². The van der Waals surface area contributed by atoms with E-state index >= 15 is 0 Å². The first-order valence-corrected chi connectivity index (χ1v) is 11.7. The summed E-state index contributed by atoms with van der Waals surface area (Å²) in [5.41, 5.74) is 8.03. The van der Waals surface area contributed by atoms with Crippen LogP contribution < -0.4 is 5.32 Å². The maximum atomic E-state index is 13.8. The second kappa shape index (κ2) is 9.97. The quantitative estimate of drug-likeness (QED) is 0.417. The molecule has 0 saturated carbocycles. The Labute approximate surface area is 203 Å². The third kappa shape index (κ3) is 5.01. The van der Waals surface area contributed by atoms with E-state index < -0.39 is 0 Å². The van der Waals surface area contributed by atoms with Gasteiger partial charge >= 0.3 is 0 Å². The Morgan fingerprint density at radius 1 is 0.971 bits per heavy atom. The van der Waals surface area contributed by atoms with Crippen LogP contribution in [0, 0.1) is 12.7 Å². The molecule has 0 spiro atoms. The van der Waals surface area contributed by atoms with E-state index in [1.807, 2.05) is 30.6 Å². The Kier molecular flexibility index (Phi) is 6.44. The minimum atomic E-state index is -0.276. The number of amides is 1. The molecule has 5 rings (SSSR count). The summed E-state index contributed by atoms with van der Waals surface area (Å²) in [5, 5.41) is 2.88. The molecule has 0 fully saturated rings. The molecule has 1 amide bonds. The van der Waals surface area contributed by atoms with Crippen molar-refractivity contribution < 1.29 is 9.18 Å². The highest BCUT2D eigenvalue weighted by Crippen LogP contribution is 2.31. The van der Waals surface area contributed by atoms with E-state index in [-0.39, 0.29) is 18.3 Å². The second-order valence-electron chi connectivity index (χ2n) is 8.62. The second-order valence-corrected chi connectivity index (χ2v) is 8.62. The highest BCUT2D eigenvalue weighted by molar-refractivity contribution is 5.95.